The van der Waals surface area contributed by atoms with Crippen LogP contribution in [0.15, 0.2) is 85.1 Å². The van der Waals surface area contributed by atoms with Gasteiger partial charge in [0.05, 0.1) is 25.2 Å². The first-order valence-corrected chi connectivity index (χ1v) is 26.3. The third-order valence-corrected chi connectivity index (χ3v) is 11.5. The lowest BCUT2D eigenvalue weighted by Gasteiger charge is -2.23. The summed E-state index contributed by atoms with van der Waals surface area (Å²) in [7, 11) is 0. The minimum absolute atomic E-state index is 0.0618. The van der Waals surface area contributed by atoms with E-state index in [1.165, 1.54) is 128 Å². The van der Waals surface area contributed by atoms with Crippen molar-refractivity contribution >= 4 is 11.9 Å². The molecule has 0 rings (SSSR count). The Hall–Kier alpha value is -2.96. The first-order valence-electron chi connectivity index (χ1n) is 26.3. The molecule has 3 unspecified atom stereocenters. The van der Waals surface area contributed by atoms with Crippen LogP contribution in [0.2, 0.25) is 0 Å². The minimum atomic E-state index is -0.827. The highest BCUT2D eigenvalue weighted by Gasteiger charge is 2.23. The van der Waals surface area contributed by atoms with Gasteiger partial charge >= 0.3 is 5.97 Å². The van der Waals surface area contributed by atoms with Crippen LogP contribution in [-0.4, -0.2) is 46.9 Å². The molecule has 3 atom stereocenters. The van der Waals surface area contributed by atoms with E-state index in [0.717, 1.165) is 57.8 Å². The predicted octanol–water partition coefficient (Wildman–Crippen LogP) is 16.0. The Morgan fingerprint density at radius 1 is 0.492 bits per heavy atom. The molecule has 0 aromatic heterocycles. The van der Waals surface area contributed by atoms with Gasteiger partial charge in [-0.3, -0.25) is 9.59 Å². The number of aliphatic hydroxyl groups is 2. The third kappa shape index (κ3) is 45.4. The Labute approximate surface area is 389 Å². The molecular formula is C57H99NO5. The van der Waals surface area contributed by atoms with E-state index < -0.39 is 18.2 Å². The average molecular weight is 878 g/mol. The van der Waals surface area contributed by atoms with E-state index in [1.54, 1.807) is 6.08 Å². The highest BCUT2D eigenvalue weighted by Crippen LogP contribution is 2.16. The number of allylic oxidation sites excluding steroid dienone is 13. The molecule has 0 saturated heterocycles. The zero-order valence-corrected chi connectivity index (χ0v) is 41.2. The molecule has 0 aromatic rings. The summed E-state index contributed by atoms with van der Waals surface area (Å²) in [4.78, 5) is 26.0. The molecule has 0 spiro atoms. The van der Waals surface area contributed by atoms with Gasteiger partial charge in [-0.2, -0.15) is 0 Å². The second-order valence-corrected chi connectivity index (χ2v) is 17.5. The number of hydrogen-bond donors (Lipinski definition) is 3. The number of hydrogen-bond acceptors (Lipinski definition) is 5. The molecule has 1 amide bonds. The molecule has 3 N–H and O–H groups in total. The van der Waals surface area contributed by atoms with E-state index in [9.17, 15) is 19.8 Å². The number of rotatable bonds is 46. The van der Waals surface area contributed by atoms with Crippen molar-refractivity contribution in [3.05, 3.63) is 85.1 Å². The van der Waals surface area contributed by atoms with Crippen molar-refractivity contribution in [2.24, 2.45) is 0 Å². The minimum Gasteiger partial charge on any atom is -0.458 e. The van der Waals surface area contributed by atoms with Crippen LogP contribution in [0.3, 0.4) is 0 Å². The highest BCUT2D eigenvalue weighted by atomic mass is 16.5. The number of carbonyl (C=O) groups excluding carboxylic acids is 2. The monoisotopic (exact) mass is 878 g/mol. The zero-order valence-electron chi connectivity index (χ0n) is 41.2. The molecule has 0 saturated carbocycles. The van der Waals surface area contributed by atoms with Crippen molar-refractivity contribution in [1.29, 1.82) is 0 Å². The summed E-state index contributed by atoms with van der Waals surface area (Å²) in [5, 5.41) is 23.7. The van der Waals surface area contributed by atoms with Gasteiger partial charge in [0, 0.05) is 6.42 Å². The summed E-state index contributed by atoms with van der Waals surface area (Å²) >= 11 is 0. The van der Waals surface area contributed by atoms with E-state index in [0.29, 0.717) is 19.3 Å². The summed E-state index contributed by atoms with van der Waals surface area (Å²) < 4.78 is 5.78. The van der Waals surface area contributed by atoms with Gasteiger partial charge in [0.25, 0.3) is 0 Å². The van der Waals surface area contributed by atoms with Crippen LogP contribution >= 0.6 is 0 Å². The number of ether oxygens (including phenoxy) is 1. The summed E-state index contributed by atoms with van der Waals surface area (Å²) in [6.07, 6.45) is 65.5. The second-order valence-electron chi connectivity index (χ2n) is 17.5. The third-order valence-electron chi connectivity index (χ3n) is 11.5. The molecule has 0 aliphatic rings. The molecule has 0 fully saturated rings. The first-order chi connectivity index (χ1) is 31.0. The van der Waals surface area contributed by atoms with Crippen molar-refractivity contribution in [1.82, 2.24) is 5.32 Å². The summed E-state index contributed by atoms with van der Waals surface area (Å²) in [6.45, 7) is 6.31. The van der Waals surface area contributed by atoms with Gasteiger partial charge in [-0.05, 0) is 70.3 Å². The fourth-order valence-corrected chi connectivity index (χ4v) is 7.50. The summed E-state index contributed by atoms with van der Waals surface area (Å²) in [5.74, 6) is -0.705. The quantitative estimate of drug-likeness (QED) is 0.0322. The Morgan fingerprint density at radius 2 is 0.889 bits per heavy atom. The van der Waals surface area contributed by atoms with Gasteiger partial charge < -0.3 is 20.3 Å². The Bertz CT molecular complexity index is 1210. The smallest absolute Gasteiger partial charge is 0.306 e. The van der Waals surface area contributed by atoms with Crippen LogP contribution in [0.5, 0.6) is 0 Å². The number of aliphatic hydroxyl groups excluding tert-OH is 2. The van der Waals surface area contributed by atoms with Gasteiger partial charge in [-0.25, -0.2) is 0 Å². The normalized spacial score (nSPS) is 13.9. The van der Waals surface area contributed by atoms with Gasteiger partial charge in [0.1, 0.15) is 6.10 Å². The molecule has 0 radical (unpaired) electrons. The van der Waals surface area contributed by atoms with Gasteiger partial charge in [-0.15, -0.1) is 0 Å². The highest BCUT2D eigenvalue weighted by molar-refractivity contribution is 5.78. The molecule has 0 aromatic carbocycles. The maximum Gasteiger partial charge on any atom is 0.306 e. The number of nitrogens with one attached hydrogen (secondary N) is 1. The lowest BCUT2D eigenvalue weighted by atomic mass is 10.0. The van der Waals surface area contributed by atoms with Gasteiger partial charge in [0.2, 0.25) is 5.91 Å². The van der Waals surface area contributed by atoms with Crippen LogP contribution in [0.4, 0.5) is 0 Å². The Morgan fingerprint density at radius 3 is 1.35 bits per heavy atom. The largest absolute Gasteiger partial charge is 0.458 e. The van der Waals surface area contributed by atoms with Crippen molar-refractivity contribution in [2.45, 2.75) is 257 Å². The lowest BCUT2D eigenvalue weighted by molar-refractivity contribution is -0.148. The van der Waals surface area contributed by atoms with Crippen LogP contribution in [0.25, 0.3) is 0 Å². The lowest BCUT2D eigenvalue weighted by Crippen LogP contribution is -2.46. The fraction of sp³-hybridized carbons (Fsp3) is 0.719. The van der Waals surface area contributed by atoms with Crippen molar-refractivity contribution < 1.29 is 24.5 Å². The molecule has 0 aliphatic heterocycles. The van der Waals surface area contributed by atoms with Crippen molar-refractivity contribution in [3.63, 3.8) is 0 Å². The zero-order chi connectivity index (χ0) is 45.9. The molecular weight excluding hydrogens is 779 g/mol. The predicted molar refractivity (Wildman–Crippen MR) is 273 cm³/mol. The van der Waals surface area contributed by atoms with E-state index >= 15 is 0 Å². The van der Waals surface area contributed by atoms with Crippen LogP contribution < -0.4 is 5.32 Å². The van der Waals surface area contributed by atoms with E-state index in [1.807, 2.05) is 12.2 Å². The van der Waals surface area contributed by atoms with Gasteiger partial charge in [-0.1, -0.05) is 241 Å². The van der Waals surface area contributed by atoms with Crippen LogP contribution in [-0.2, 0) is 14.3 Å². The average Bonchev–Trinajstić information content (AvgIpc) is 3.28. The van der Waals surface area contributed by atoms with Crippen LogP contribution in [0.1, 0.15) is 239 Å². The van der Waals surface area contributed by atoms with Gasteiger partial charge in [0.15, 0.2) is 0 Å². The first kappa shape index (κ1) is 60.0. The number of unbranched alkanes of at least 4 members (excludes halogenated alkanes) is 22. The molecule has 0 heterocycles. The van der Waals surface area contributed by atoms with E-state index in [-0.39, 0.29) is 31.3 Å². The molecule has 63 heavy (non-hydrogen) atoms. The summed E-state index contributed by atoms with van der Waals surface area (Å²) in [5.41, 5.74) is 0. The number of esters is 1. The SMILES string of the molecule is CC/C=C/C/C=C/C/C=C/C/C=C/C/C=C/CCC(=O)OC(/C=C/C/C=C\CCCCCCCC)CC(=O)NC(CO)C(O)CCCCCCCCCCCCCCCCCCC. The Kier molecular flexibility index (Phi) is 47.7. The molecule has 362 valence electrons. The molecule has 0 aliphatic carbocycles. The summed E-state index contributed by atoms with van der Waals surface area (Å²) in [6, 6.07) is -0.751. The maximum atomic E-state index is 13.2. The maximum absolute atomic E-state index is 13.2. The molecule has 6 nitrogen and oxygen atoms in total. The fourth-order valence-electron chi connectivity index (χ4n) is 7.50. The number of carbonyl (C=O) groups is 2. The van der Waals surface area contributed by atoms with E-state index in [2.05, 4.69) is 92.9 Å². The van der Waals surface area contributed by atoms with E-state index in [4.69, 9.17) is 4.74 Å². The second kappa shape index (κ2) is 50.0. The van der Waals surface area contributed by atoms with Crippen LogP contribution in [0, 0.1) is 0 Å². The van der Waals surface area contributed by atoms with Crippen molar-refractivity contribution in [2.75, 3.05) is 6.61 Å². The van der Waals surface area contributed by atoms with Crippen molar-refractivity contribution in [3.8, 4) is 0 Å². The Balaban J connectivity index is 4.66. The standard InChI is InChI=1S/C57H99NO5/c1-4-7-10-13-16-19-22-24-26-28-29-31-34-37-40-43-46-49-55(60)54(52-59)58-56(61)51-53(48-45-42-39-36-33-21-18-15-12-9-6-3)63-57(62)50-47-44-41-38-35-32-30-27-25-23-20-17-14-11-8-5-2/h8,11,17,20,25,27,32,35-36,39,41,44-45,48,53-55,59-60H,4-7,9-10,12-16,18-19,21-24,26,28-31,33-34,37-38,40,42-43,46-47,49-52H2,1-3H3,(H,58,61)/b11-8+,20-17+,27-25+,35-32+,39-36-,44-41+,48-45+. The topological polar surface area (TPSA) is 95.9 Å². The number of amides is 1. The molecule has 6 heteroatoms. The molecule has 0 bridgehead atoms.